The van der Waals surface area contributed by atoms with Crippen LogP contribution in [0, 0.1) is 0 Å². The van der Waals surface area contributed by atoms with Crippen LogP contribution in [0.5, 0.6) is 0 Å². The van der Waals surface area contributed by atoms with Crippen molar-refractivity contribution in [2.75, 3.05) is 39.5 Å². The van der Waals surface area contributed by atoms with E-state index in [1.165, 1.54) is 0 Å². The number of primary amides is 3. The average Bonchev–Trinajstić information content (AvgIpc) is 3.73. The Kier molecular flexibility index (Phi) is 15.4. The van der Waals surface area contributed by atoms with E-state index in [0.717, 1.165) is 0 Å². The molecular weight excluding hydrogens is 522 g/mol. The van der Waals surface area contributed by atoms with E-state index in [4.69, 9.17) is 14.2 Å². The standard InChI is InChI=1S/C8H13N3O4.C6H6.C5H9N3O3.C2H5N3O2/c12-7(9-1-5-3-14-5)11-8(13)10-2-6-4-15-6;1-2-4-6-5-3-1;6-4(9)8-5(10)7-1-3-2-11-3;3-1(6)5-2(4)7/h5-6H,1-4H2,(H3,9,10,11,12,13);1-6H;3H,1-2H2,(H4,6,7,8,9,10);(H5,3,4,5,6,7). The summed E-state index contributed by atoms with van der Waals surface area (Å²) in [6.45, 7) is 3.29. The zero-order valence-electron chi connectivity index (χ0n) is 20.8. The highest BCUT2D eigenvalue weighted by atomic mass is 16.6. The van der Waals surface area contributed by atoms with Gasteiger partial charge in [-0.3, -0.25) is 16.0 Å². The zero-order valence-corrected chi connectivity index (χ0v) is 20.8. The van der Waals surface area contributed by atoms with Crippen molar-refractivity contribution < 1.29 is 43.0 Å². The summed E-state index contributed by atoms with van der Waals surface area (Å²) in [5, 5.41) is 13.0. The highest BCUT2D eigenvalue weighted by Crippen LogP contribution is 2.06. The summed E-state index contributed by atoms with van der Waals surface area (Å²) < 4.78 is 14.6. The molecule has 0 bridgehead atoms. The number of amides is 12. The molecule has 3 saturated heterocycles. The largest absolute Gasteiger partial charge is 0.371 e. The Morgan fingerprint density at radius 3 is 0.974 bits per heavy atom. The molecule has 0 spiro atoms. The number of hydrogen-bond donors (Lipinski definition) is 9. The molecule has 3 atom stereocenters. The lowest BCUT2D eigenvalue weighted by atomic mass is 10.4. The summed E-state index contributed by atoms with van der Waals surface area (Å²) in [5.74, 6) is 0. The summed E-state index contributed by atoms with van der Waals surface area (Å²) in [6.07, 6.45) is 0.325. The van der Waals surface area contributed by atoms with Crippen molar-refractivity contribution in [2.24, 2.45) is 17.2 Å². The van der Waals surface area contributed by atoms with Crippen LogP contribution in [0.1, 0.15) is 0 Å². The first-order chi connectivity index (χ1) is 18.5. The molecule has 39 heavy (non-hydrogen) atoms. The minimum Gasteiger partial charge on any atom is -0.371 e. The molecule has 18 heteroatoms. The summed E-state index contributed by atoms with van der Waals surface area (Å²) in [4.78, 5) is 62.1. The number of nitrogens with one attached hydrogen (secondary N) is 6. The van der Waals surface area contributed by atoms with E-state index in [-0.39, 0.29) is 18.3 Å². The van der Waals surface area contributed by atoms with Crippen LogP contribution < -0.4 is 49.1 Å². The Bertz CT molecular complexity index is 875. The number of benzene rings is 1. The highest BCUT2D eigenvalue weighted by molar-refractivity contribution is 5.93. The molecule has 12 N–H and O–H groups in total. The Hall–Kier alpha value is -4.68. The summed E-state index contributed by atoms with van der Waals surface area (Å²) in [5.41, 5.74) is 13.6. The van der Waals surface area contributed by atoms with E-state index in [2.05, 4.69) is 38.5 Å². The molecule has 4 rings (SSSR count). The van der Waals surface area contributed by atoms with Gasteiger partial charge < -0.3 is 47.4 Å². The Balaban J connectivity index is 0.000000279. The van der Waals surface area contributed by atoms with Gasteiger partial charge in [-0.25, -0.2) is 28.8 Å². The second-order valence-corrected chi connectivity index (χ2v) is 7.62. The number of carbonyl (C=O) groups is 6. The van der Waals surface area contributed by atoms with Gasteiger partial charge in [0.2, 0.25) is 0 Å². The maximum Gasteiger partial charge on any atom is 0.322 e. The minimum atomic E-state index is -0.938. The molecule has 0 aromatic heterocycles. The van der Waals surface area contributed by atoms with Crippen LogP contribution in [-0.2, 0) is 14.2 Å². The fourth-order valence-corrected chi connectivity index (χ4v) is 2.03. The summed E-state index contributed by atoms with van der Waals surface area (Å²) in [6, 6.07) is 7.65. The number of nitrogens with two attached hydrogens (primary N) is 3. The molecule has 0 saturated carbocycles. The van der Waals surface area contributed by atoms with E-state index in [0.29, 0.717) is 39.5 Å². The third-order valence-corrected chi connectivity index (χ3v) is 4.05. The molecule has 3 aliphatic rings. The Morgan fingerprint density at radius 1 is 0.513 bits per heavy atom. The van der Waals surface area contributed by atoms with Crippen LogP contribution in [0.2, 0.25) is 0 Å². The van der Waals surface area contributed by atoms with E-state index >= 15 is 0 Å². The van der Waals surface area contributed by atoms with Crippen LogP contribution >= 0.6 is 0 Å². The van der Waals surface area contributed by atoms with Crippen molar-refractivity contribution in [3.8, 4) is 0 Å². The van der Waals surface area contributed by atoms with E-state index in [1.54, 1.807) is 5.32 Å². The number of ether oxygens (including phenoxy) is 3. The van der Waals surface area contributed by atoms with Crippen LogP contribution in [-0.4, -0.2) is 94.0 Å². The quantitative estimate of drug-likeness (QED) is 0.175. The zero-order chi connectivity index (χ0) is 29.0. The van der Waals surface area contributed by atoms with Gasteiger partial charge in [-0.05, 0) is 0 Å². The normalized spacial score (nSPS) is 18.6. The van der Waals surface area contributed by atoms with Crippen LogP contribution in [0.15, 0.2) is 36.4 Å². The number of carbonyl (C=O) groups excluding carboxylic acids is 6. The molecule has 216 valence electrons. The maximum atomic E-state index is 11.1. The summed E-state index contributed by atoms with van der Waals surface area (Å²) >= 11 is 0. The molecular formula is C21H33N9O9. The molecule has 12 amide bonds. The van der Waals surface area contributed by atoms with Crippen molar-refractivity contribution in [3.63, 3.8) is 0 Å². The van der Waals surface area contributed by atoms with Crippen molar-refractivity contribution >= 4 is 36.2 Å². The van der Waals surface area contributed by atoms with Crippen molar-refractivity contribution in [1.82, 2.24) is 31.9 Å². The predicted molar refractivity (Wildman–Crippen MR) is 134 cm³/mol. The van der Waals surface area contributed by atoms with Crippen LogP contribution in [0.3, 0.4) is 0 Å². The molecule has 1 aromatic rings. The van der Waals surface area contributed by atoms with Gasteiger partial charge in [-0.15, -0.1) is 0 Å². The van der Waals surface area contributed by atoms with Crippen molar-refractivity contribution in [3.05, 3.63) is 36.4 Å². The smallest absolute Gasteiger partial charge is 0.322 e. The van der Waals surface area contributed by atoms with Crippen LogP contribution in [0.25, 0.3) is 0 Å². The molecule has 3 fully saturated rings. The van der Waals surface area contributed by atoms with Gasteiger partial charge in [-0.1, -0.05) is 36.4 Å². The van der Waals surface area contributed by atoms with Crippen molar-refractivity contribution in [1.29, 1.82) is 0 Å². The lowest BCUT2D eigenvalue weighted by molar-refractivity contribution is 0.225. The lowest BCUT2D eigenvalue weighted by Gasteiger charge is -2.05. The molecule has 1 aromatic carbocycles. The SMILES string of the molecule is NC(=O)NC(=O)NCC1CO1.NC(=O)NC(N)=O.O=C(NCC1CO1)NC(=O)NCC1CO1.c1ccccc1. The second-order valence-electron chi connectivity index (χ2n) is 7.62. The number of urea groups is 6. The first-order valence-corrected chi connectivity index (χ1v) is 11.4. The van der Waals surface area contributed by atoms with E-state index < -0.39 is 36.2 Å². The lowest BCUT2D eigenvalue weighted by Crippen LogP contribution is -2.46. The fraction of sp³-hybridized carbons (Fsp3) is 0.429. The van der Waals surface area contributed by atoms with Gasteiger partial charge in [-0.2, -0.15) is 0 Å². The molecule has 0 aliphatic carbocycles. The third-order valence-electron chi connectivity index (χ3n) is 4.05. The number of hydrogen-bond acceptors (Lipinski definition) is 9. The molecule has 0 radical (unpaired) electrons. The molecule has 3 aliphatic heterocycles. The molecule has 3 unspecified atom stereocenters. The first kappa shape index (κ1) is 32.3. The van der Waals surface area contributed by atoms with Gasteiger partial charge in [0.15, 0.2) is 0 Å². The topological polar surface area (TPSA) is 290 Å². The van der Waals surface area contributed by atoms with Crippen LogP contribution in [0.4, 0.5) is 28.8 Å². The van der Waals surface area contributed by atoms with Gasteiger partial charge in [0.1, 0.15) is 0 Å². The Morgan fingerprint density at radius 2 is 0.769 bits per heavy atom. The highest BCUT2D eigenvalue weighted by Gasteiger charge is 2.25. The third kappa shape index (κ3) is 23.5. The number of imide groups is 3. The number of rotatable bonds is 6. The molecule has 3 heterocycles. The van der Waals surface area contributed by atoms with Gasteiger partial charge in [0.25, 0.3) is 0 Å². The van der Waals surface area contributed by atoms with Gasteiger partial charge >= 0.3 is 36.2 Å². The number of epoxide rings is 3. The Labute approximate surface area is 223 Å². The van der Waals surface area contributed by atoms with Gasteiger partial charge in [0, 0.05) is 19.6 Å². The monoisotopic (exact) mass is 555 g/mol. The fourth-order valence-electron chi connectivity index (χ4n) is 2.03. The van der Waals surface area contributed by atoms with E-state index in [1.807, 2.05) is 41.7 Å². The second kappa shape index (κ2) is 18.5. The average molecular weight is 556 g/mol. The maximum absolute atomic E-state index is 11.1. The summed E-state index contributed by atoms with van der Waals surface area (Å²) in [7, 11) is 0. The van der Waals surface area contributed by atoms with Gasteiger partial charge in [0.05, 0.1) is 38.1 Å². The molecule has 18 nitrogen and oxygen atoms in total. The van der Waals surface area contributed by atoms with Crippen molar-refractivity contribution in [2.45, 2.75) is 18.3 Å². The van der Waals surface area contributed by atoms with E-state index in [9.17, 15) is 28.8 Å². The predicted octanol–water partition coefficient (Wildman–Crippen LogP) is -2.02. The first-order valence-electron chi connectivity index (χ1n) is 11.4. The minimum absolute atomic E-state index is 0.105.